The standard InChI is InChI=1S/C23H29NO4/c1-5-6-13-27-23(26)18-7-9-19(10-8-18)24-22(25)15-28-20-11-12-21(16(2)3)17(4)14-20/h7-12,14,16H,5-6,13,15H2,1-4H3,(H,24,25). The van der Waals surface area contributed by atoms with Crippen LogP contribution < -0.4 is 10.1 Å². The first-order chi connectivity index (χ1) is 13.4. The van der Waals surface area contributed by atoms with Gasteiger partial charge in [-0.25, -0.2) is 4.79 Å². The van der Waals surface area contributed by atoms with Crippen molar-refractivity contribution in [2.45, 2.75) is 46.5 Å². The Morgan fingerprint density at radius 2 is 1.79 bits per heavy atom. The molecule has 0 atom stereocenters. The first kappa shape index (κ1) is 21.5. The number of aryl methyl sites for hydroxylation is 1. The maximum Gasteiger partial charge on any atom is 0.338 e. The van der Waals surface area contributed by atoms with Crippen LogP contribution in [-0.4, -0.2) is 25.1 Å². The molecule has 0 aliphatic rings. The quantitative estimate of drug-likeness (QED) is 0.484. The first-order valence-corrected chi connectivity index (χ1v) is 9.71. The molecular formula is C23H29NO4. The predicted octanol–water partition coefficient (Wildman–Crippen LogP) is 5.09. The molecule has 150 valence electrons. The summed E-state index contributed by atoms with van der Waals surface area (Å²) in [5, 5.41) is 2.76. The summed E-state index contributed by atoms with van der Waals surface area (Å²) in [4.78, 5) is 24.0. The average Bonchev–Trinajstić information content (AvgIpc) is 2.67. The van der Waals surface area contributed by atoms with Crippen molar-refractivity contribution in [3.05, 3.63) is 59.2 Å². The van der Waals surface area contributed by atoms with E-state index in [4.69, 9.17) is 9.47 Å². The normalized spacial score (nSPS) is 10.6. The lowest BCUT2D eigenvalue weighted by molar-refractivity contribution is -0.118. The van der Waals surface area contributed by atoms with Crippen molar-refractivity contribution in [2.75, 3.05) is 18.5 Å². The SMILES string of the molecule is CCCCOC(=O)c1ccc(NC(=O)COc2ccc(C(C)C)c(C)c2)cc1. The average molecular weight is 383 g/mol. The smallest absolute Gasteiger partial charge is 0.338 e. The molecule has 2 aromatic carbocycles. The van der Waals surface area contributed by atoms with Gasteiger partial charge in [-0.15, -0.1) is 0 Å². The summed E-state index contributed by atoms with van der Waals surface area (Å²) in [5.41, 5.74) is 3.48. The van der Waals surface area contributed by atoms with Crippen LogP contribution in [0.4, 0.5) is 5.69 Å². The van der Waals surface area contributed by atoms with Crippen molar-refractivity contribution in [3.63, 3.8) is 0 Å². The van der Waals surface area contributed by atoms with Gasteiger partial charge in [-0.2, -0.15) is 0 Å². The van der Waals surface area contributed by atoms with Gasteiger partial charge >= 0.3 is 5.97 Å². The molecule has 2 aromatic rings. The molecule has 28 heavy (non-hydrogen) atoms. The second-order valence-corrected chi connectivity index (χ2v) is 7.08. The summed E-state index contributed by atoms with van der Waals surface area (Å²) in [6.07, 6.45) is 1.82. The van der Waals surface area contributed by atoms with Crippen LogP contribution in [0, 0.1) is 6.92 Å². The third-order valence-electron chi connectivity index (χ3n) is 4.37. The van der Waals surface area contributed by atoms with E-state index in [9.17, 15) is 9.59 Å². The molecule has 0 spiro atoms. The molecule has 1 N–H and O–H groups in total. The molecule has 0 aromatic heterocycles. The maximum absolute atomic E-state index is 12.1. The summed E-state index contributed by atoms with van der Waals surface area (Å²) < 4.78 is 10.7. The minimum Gasteiger partial charge on any atom is -0.484 e. The van der Waals surface area contributed by atoms with Gasteiger partial charge < -0.3 is 14.8 Å². The number of esters is 1. The van der Waals surface area contributed by atoms with Crippen LogP contribution in [0.25, 0.3) is 0 Å². The minimum absolute atomic E-state index is 0.0821. The van der Waals surface area contributed by atoms with E-state index in [-0.39, 0.29) is 18.5 Å². The van der Waals surface area contributed by atoms with Crippen molar-refractivity contribution in [2.24, 2.45) is 0 Å². The Labute approximate surface area is 167 Å². The zero-order chi connectivity index (χ0) is 20.5. The van der Waals surface area contributed by atoms with Crippen molar-refractivity contribution in [1.29, 1.82) is 0 Å². The lowest BCUT2D eigenvalue weighted by Gasteiger charge is -2.12. The molecule has 5 nitrogen and oxygen atoms in total. The molecule has 0 saturated carbocycles. The van der Waals surface area contributed by atoms with Crippen LogP contribution in [0.5, 0.6) is 5.75 Å². The highest BCUT2D eigenvalue weighted by molar-refractivity contribution is 5.93. The van der Waals surface area contributed by atoms with E-state index in [2.05, 4.69) is 19.2 Å². The van der Waals surface area contributed by atoms with Crippen molar-refractivity contribution < 1.29 is 19.1 Å². The summed E-state index contributed by atoms with van der Waals surface area (Å²) in [5.74, 6) is 0.505. The number of anilines is 1. The van der Waals surface area contributed by atoms with E-state index in [1.807, 2.05) is 32.0 Å². The fraction of sp³-hybridized carbons (Fsp3) is 0.391. The summed E-state index contributed by atoms with van der Waals surface area (Å²) in [7, 11) is 0. The Kier molecular flexibility index (Phi) is 8.05. The van der Waals surface area contributed by atoms with Gasteiger partial charge in [-0.3, -0.25) is 4.79 Å². The highest BCUT2D eigenvalue weighted by atomic mass is 16.5. The number of amides is 1. The van der Waals surface area contributed by atoms with Crippen molar-refractivity contribution >= 4 is 17.6 Å². The van der Waals surface area contributed by atoms with E-state index in [0.29, 0.717) is 29.5 Å². The molecule has 0 fully saturated rings. The molecule has 0 bridgehead atoms. The Balaban J connectivity index is 1.84. The Morgan fingerprint density at radius 3 is 2.39 bits per heavy atom. The van der Waals surface area contributed by atoms with E-state index in [1.165, 1.54) is 5.56 Å². The van der Waals surface area contributed by atoms with Crippen LogP contribution in [0.1, 0.15) is 61.0 Å². The molecular weight excluding hydrogens is 354 g/mol. The molecule has 1 amide bonds. The predicted molar refractivity (Wildman–Crippen MR) is 111 cm³/mol. The molecule has 0 radical (unpaired) electrons. The van der Waals surface area contributed by atoms with Crippen molar-refractivity contribution in [3.8, 4) is 5.75 Å². The van der Waals surface area contributed by atoms with Gasteiger partial charge in [0.15, 0.2) is 6.61 Å². The Bertz CT molecular complexity index is 797. The number of nitrogens with one attached hydrogen (secondary N) is 1. The molecule has 0 aliphatic carbocycles. The maximum atomic E-state index is 12.1. The number of hydrogen-bond acceptors (Lipinski definition) is 4. The zero-order valence-corrected chi connectivity index (χ0v) is 17.1. The fourth-order valence-corrected chi connectivity index (χ4v) is 2.81. The second kappa shape index (κ2) is 10.5. The van der Waals surface area contributed by atoms with Gasteiger partial charge in [0.05, 0.1) is 12.2 Å². The number of rotatable bonds is 9. The molecule has 0 saturated heterocycles. The third-order valence-corrected chi connectivity index (χ3v) is 4.37. The van der Waals surface area contributed by atoms with E-state index < -0.39 is 0 Å². The lowest BCUT2D eigenvalue weighted by Crippen LogP contribution is -2.20. The monoisotopic (exact) mass is 383 g/mol. The number of unbranched alkanes of at least 4 members (excludes halogenated alkanes) is 1. The van der Waals surface area contributed by atoms with Crippen LogP contribution in [-0.2, 0) is 9.53 Å². The van der Waals surface area contributed by atoms with Gasteiger partial charge in [0.1, 0.15) is 5.75 Å². The van der Waals surface area contributed by atoms with Crippen molar-refractivity contribution in [1.82, 2.24) is 0 Å². The molecule has 0 aliphatic heterocycles. The Hall–Kier alpha value is -2.82. The Morgan fingerprint density at radius 1 is 1.07 bits per heavy atom. The van der Waals surface area contributed by atoms with Crippen LogP contribution in [0.3, 0.4) is 0 Å². The fourth-order valence-electron chi connectivity index (χ4n) is 2.81. The number of carbonyl (C=O) groups excluding carboxylic acids is 2. The molecule has 5 heteroatoms. The van der Waals surface area contributed by atoms with Gasteiger partial charge in [-0.05, 0) is 66.8 Å². The van der Waals surface area contributed by atoms with Crippen LogP contribution >= 0.6 is 0 Å². The highest BCUT2D eigenvalue weighted by Gasteiger charge is 2.09. The van der Waals surface area contributed by atoms with Crippen LogP contribution in [0.2, 0.25) is 0 Å². The third kappa shape index (κ3) is 6.41. The summed E-state index contributed by atoms with van der Waals surface area (Å²) in [6, 6.07) is 12.5. The topological polar surface area (TPSA) is 64.6 Å². The summed E-state index contributed by atoms with van der Waals surface area (Å²) >= 11 is 0. The number of hydrogen-bond donors (Lipinski definition) is 1. The molecule has 0 heterocycles. The van der Waals surface area contributed by atoms with E-state index in [1.54, 1.807) is 24.3 Å². The largest absolute Gasteiger partial charge is 0.484 e. The highest BCUT2D eigenvalue weighted by Crippen LogP contribution is 2.23. The minimum atomic E-state index is -0.352. The molecule has 0 unspecified atom stereocenters. The summed E-state index contributed by atoms with van der Waals surface area (Å²) in [6.45, 7) is 8.71. The molecule has 2 rings (SSSR count). The van der Waals surface area contributed by atoms with Gasteiger partial charge in [0.2, 0.25) is 0 Å². The number of ether oxygens (including phenoxy) is 2. The first-order valence-electron chi connectivity index (χ1n) is 9.71. The van der Waals surface area contributed by atoms with E-state index in [0.717, 1.165) is 18.4 Å². The van der Waals surface area contributed by atoms with Gasteiger partial charge in [0.25, 0.3) is 5.91 Å². The lowest BCUT2D eigenvalue weighted by atomic mass is 9.98. The number of carbonyl (C=O) groups is 2. The second-order valence-electron chi connectivity index (χ2n) is 7.08. The van der Waals surface area contributed by atoms with Gasteiger partial charge in [0, 0.05) is 5.69 Å². The van der Waals surface area contributed by atoms with Crippen LogP contribution in [0.15, 0.2) is 42.5 Å². The van der Waals surface area contributed by atoms with Gasteiger partial charge in [-0.1, -0.05) is 33.3 Å². The zero-order valence-electron chi connectivity index (χ0n) is 17.1. The van der Waals surface area contributed by atoms with E-state index >= 15 is 0 Å². The number of benzene rings is 2.